The first-order valence-electron chi connectivity index (χ1n) is 8.83. The van der Waals surface area contributed by atoms with Gasteiger partial charge in [0.05, 0.1) is 15.9 Å². The van der Waals surface area contributed by atoms with E-state index in [0.29, 0.717) is 21.7 Å². The highest BCUT2D eigenvalue weighted by molar-refractivity contribution is 8.00. The lowest BCUT2D eigenvalue weighted by atomic mass is 10.00. The van der Waals surface area contributed by atoms with Gasteiger partial charge >= 0.3 is 5.97 Å². The largest absolute Gasteiger partial charge is 0.477 e. The van der Waals surface area contributed by atoms with Gasteiger partial charge in [0.1, 0.15) is 11.4 Å². The van der Waals surface area contributed by atoms with Gasteiger partial charge in [0, 0.05) is 17.5 Å². The smallest absolute Gasteiger partial charge is 0.342 e. The number of hydrogen-bond donors (Lipinski definition) is 1. The van der Waals surface area contributed by atoms with Crippen LogP contribution in [0.3, 0.4) is 0 Å². The van der Waals surface area contributed by atoms with E-state index in [2.05, 4.69) is 4.90 Å². The number of fused-ring (bicyclic) bond motifs is 3. The Morgan fingerprint density at radius 2 is 1.93 bits per heavy atom. The van der Waals surface area contributed by atoms with Crippen LogP contribution in [0.4, 0.5) is 4.39 Å². The third kappa shape index (κ3) is 2.91. The van der Waals surface area contributed by atoms with Crippen LogP contribution in [0.1, 0.15) is 28.2 Å². The van der Waals surface area contributed by atoms with Crippen LogP contribution in [-0.4, -0.2) is 34.6 Å². The van der Waals surface area contributed by atoms with Crippen LogP contribution in [-0.2, 0) is 6.54 Å². The molecular weight excluding hydrogens is 379 g/mol. The lowest BCUT2D eigenvalue weighted by molar-refractivity contribution is 0.0689. The molecule has 1 aliphatic heterocycles. The Bertz CT molecular complexity index is 1170. The first-order valence-corrected chi connectivity index (χ1v) is 9.71. The van der Waals surface area contributed by atoms with Crippen molar-refractivity contribution in [1.29, 1.82) is 0 Å². The number of halogens is 1. The van der Waals surface area contributed by atoms with E-state index in [-0.39, 0.29) is 16.3 Å². The Morgan fingerprint density at radius 1 is 1.25 bits per heavy atom. The molecule has 5 nitrogen and oxygen atoms in total. The standard InChI is InChI=1S/C21H19FN2O3S/c1-11-24-17-9-14(13-6-4-12(5-7-13)10-23(2)3)16(22)8-15(17)19(25)18(21(26)27)20(24)28-11/h4-9,11H,10H2,1-3H3,(H,26,27). The number of hydrogen-bond acceptors (Lipinski definition) is 4. The van der Waals surface area contributed by atoms with Crippen molar-refractivity contribution in [3.63, 3.8) is 0 Å². The molecule has 1 unspecified atom stereocenters. The van der Waals surface area contributed by atoms with E-state index in [9.17, 15) is 19.1 Å². The molecule has 0 amide bonds. The molecule has 1 aromatic heterocycles. The van der Waals surface area contributed by atoms with Crippen molar-refractivity contribution < 1.29 is 14.3 Å². The predicted octanol–water partition coefficient (Wildman–Crippen LogP) is 4.19. The summed E-state index contributed by atoms with van der Waals surface area (Å²) in [5.41, 5.74) is 1.86. The van der Waals surface area contributed by atoms with E-state index in [1.165, 1.54) is 11.8 Å². The molecule has 0 fully saturated rings. The summed E-state index contributed by atoms with van der Waals surface area (Å²) in [6.45, 7) is 2.71. The summed E-state index contributed by atoms with van der Waals surface area (Å²) in [6.07, 6.45) is 0. The van der Waals surface area contributed by atoms with E-state index >= 15 is 0 Å². The molecule has 2 heterocycles. The molecule has 1 N–H and O–H groups in total. The Kier molecular flexibility index (Phi) is 4.51. The molecule has 0 radical (unpaired) electrons. The van der Waals surface area contributed by atoms with Gasteiger partial charge in [-0.15, -0.1) is 0 Å². The molecule has 28 heavy (non-hydrogen) atoms. The van der Waals surface area contributed by atoms with E-state index in [0.717, 1.165) is 18.2 Å². The number of thioether (sulfide) groups is 1. The van der Waals surface area contributed by atoms with Crippen LogP contribution in [0.5, 0.6) is 0 Å². The molecule has 3 aromatic rings. The molecule has 7 heteroatoms. The SMILES string of the molecule is CC1Sc2c(C(=O)O)c(=O)c3cc(F)c(-c4ccc(CN(C)C)cc4)cc3n21. The number of carboxylic acids is 1. The summed E-state index contributed by atoms with van der Waals surface area (Å²) in [4.78, 5) is 26.2. The first kappa shape index (κ1) is 18.7. The Labute approximate surface area is 165 Å². The Balaban J connectivity index is 1.91. The van der Waals surface area contributed by atoms with Crippen molar-refractivity contribution in [1.82, 2.24) is 9.47 Å². The van der Waals surface area contributed by atoms with Gasteiger partial charge in [0.15, 0.2) is 0 Å². The summed E-state index contributed by atoms with van der Waals surface area (Å²) >= 11 is 1.34. The van der Waals surface area contributed by atoms with Crippen molar-refractivity contribution in [3.05, 3.63) is 63.6 Å². The fraction of sp³-hybridized carbons (Fsp3) is 0.238. The average molecular weight is 398 g/mol. The summed E-state index contributed by atoms with van der Waals surface area (Å²) < 4.78 is 16.7. The molecule has 4 rings (SSSR count). The van der Waals surface area contributed by atoms with Gasteiger partial charge < -0.3 is 14.6 Å². The van der Waals surface area contributed by atoms with Gasteiger partial charge in [-0.25, -0.2) is 9.18 Å². The number of carbonyl (C=O) groups is 1. The van der Waals surface area contributed by atoms with E-state index < -0.39 is 17.2 Å². The highest BCUT2D eigenvalue weighted by Crippen LogP contribution is 2.46. The van der Waals surface area contributed by atoms with Gasteiger partial charge in [-0.3, -0.25) is 4.79 Å². The topological polar surface area (TPSA) is 62.5 Å². The van der Waals surface area contributed by atoms with Crippen LogP contribution >= 0.6 is 11.8 Å². The zero-order valence-corrected chi connectivity index (χ0v) is 16.5. The van der Waals surface area contributed by atoms with E-state index in [1.54, 1.807) is 10.6 Å². The molecule has 1 aliphatic rings. The molecule has 144 valence electrons. The zero-order chi connectivity index (χ0) is 20.2. The number of aromatic carboxylic acids is 1. The second kappa shape index (κ2) is 6.76. The van der Waals surface area contributed by atoms with Crippen LogP contribution in [0.15, 0.2) is 46.2 Å². The predicted molar refractivity (Wildman–Crippen MR) is 109 cm³/mol. The van der Waals surface area contributed by atoms with Crippen LogP contribution in [0.2, 0.25) is 0 Å². The number of rotatable bonds is 4. The number of carboxylic acid groups (broad SMARTS) is 1. The van der Waals surface area contributed by atoms with Crippen molar-refractivity contribution in [3.8, 4) is 11.1 Å². The number of pyridine rings is 1. The normalized spacial score (nSPS) is 15.5. The molecular formula is C21H19FN2O3S. The second-order valence-corrected chi connectivity index (χ2v) is 8.49. The molecule has 0 bridgehead atoms. The van der Waals surface area contributed by atoms with Gasteiger partial charge in [-0.1, -0.05) is 36.0 Å². The third-order valence-corrected chi connectivity index (χ3v) is 6.05. The van der Waals surface area contributed by atoms with Crippen molar-refractivity contribution in [2.75, 3.05) is 14.1 Å². The van der Waals surface area contributed by atoms with E-state index in [1.807, 2.05) is 45.3 Å². The minimum atomic E-state index is -1.28. The monoisotopic (exact) mass is 398 g/mol. The first-order chi connectivity index (χ1) is 13.3. The molecule has 0 saturated carbocycles. The molecule has 0 spiro atoms. The zero-order valence-electron chi connectivity index (χ0n) is 15.7. The molecule has 0 aliphatic carbocycles. The van der Waals surface area contributed by atoms with Crippen LogP contribution in [0, 0.1) is 5.82 Å². The van der Waals surface area contributed by atoms with Crippen molar-refractivity contribution >= 4 is 28.6 Å². The number of aromatic nitrogens is 1. The van der Waals surface area contributed by atoms with Gasteiger partial charge in [0.2, 0.25) is 5.43 Å². The average Bonchev–Trinajstić information content (AvgIpc) is 2.61. The third-order valence-electron chi connectivity index (χ3n) is 4.87. The molecule has 1 atom stereocenters. The summed E-state index contributed by atoms with van der Waals surface area (Å²) in [5.74, 6) is -1.82. The lowest BCUT2D eigenvalue weighted by Crippen LogP contribution is -2.28. The van der Waals surface area contributed by atoms with Gasteiger partial charge in [-0.2, -0.15) is 0 Å². The lowest BCUT2D eigenvalue weighted by Gasteiger charge is -2.32. The quantitative estimate of drug-likeness (QED) is 0.714. The fourth-order valence-electron chi connectivity index (χ4n) is 3.61. The maximum atomic E-state index is 14.9. The maximum absolute atomic E-state index is 14.9. The van der Waals surface area contributed by atoms with Crippen LogP contribution in [0.25, 0.3) is 22.0 Å². The van der Waals surface area contributed by atoms with Gasteiger partial charge in [-0.05, 0) is 44.3 Å². The maximum Gasteiger partial charge on any atom is 0.342 e. The number of benzene rings is 2. The highest BCUT2D eigenvalue weighted by atomic mass is 32.2. The Morgan fingerprint density at radius 3 is 2.50 bits per heavy atom. The van der Waals surface area contributed by atoms with Crippen molar-refractivity contribution in [2.24, 2.45) is 0 Å². The minimum Gasteiger partial charge on any atom is -0.477 e. The summed E-state index contributed by atoms with van der Waals surface area (Å²) in [6, 6.07) is 10.4. The minimum absolute atomic E-state index is 0.0167. The highest BCUT2D eigenvalue weighted by Gasteiger charge is 2.33. The second-order valence-electron chi connectivity index (χ2n) is 7.19. The van der Waals surface area contributed by atoms with Crippen LogP contribution < -0.4 is 5.43 Å². The molecule has 2 aromatic carbocycles. The summed E-state index contributed by atoms with van der Waals surface area (Å²) in [5, 5.41) is 9.92. The Hall–Kier alpha value is -2.64. The van der Waals surface area contributed by atoms with Crippen molar-refractivity contribution in [2.45, 2.75) is 23.9 Å². The fourth-order valence-corrected chi connectivity index (χ4v) is 4.77. The van der Waals surface area contributed by atoms with Gasteiger partial charge in [0.25, 0.3) is 0 Å². The van der Waals surface area contributed by atoms with E-state index in [4.69, 9.17) is 0 Å². The molecule has 0 saturated heterocycles. The summed E-state index contributed by atoms with van der Waals surface area (Å²) in [7, 11) is 3.97. The number of nitrogens with zero attached hydrogens (tertiary/aromatic N) is 2.